The first-order chi connectivity index (χ1) is 56.9. The van der Waals surface area contributed by atoms with Crippen LogP contribution in [0.4, 0.5) is 17.1 Å². The van der Waals surface area contributed by atoms with Crippen molar-refractivity contribution < 1.29 is 8.83 Å². The molecule has 0 saturated heterocycles. The smallest absolute Gasteiger partial charge is 0.143 e. The van der Waals surface area contributed by atoms with E-state index in [4.69, 9.17) is 14.6 Å². The van der Waals surface area contributed by atoms with Crippen LogP contribution in [-0.4, -0.2) is 0 Å². The average molecular weight is 1530 g/mol. The Hall–Kier alpha value is -14.4. The number of furan rings is 2. The fraction of sp³-hybridized carbons (Fsp3) is 0.0182. The molecule has 0 bridgehead atoms. The fourth-order valence-corrected chi connectivity index (χ4v) is 21.2. The third-order valence-electron chi connectivity index (χ3n) is 25.4. The first-order valence-electron chi connectivity index (χ1n) is 39.5. The minimum Gasteiger partial charge on any atom is -0.455 e. The molecule has 4 aliphatic carbocycles. The third-order valence-corrected chi connectivity index (χ3v) is 25.9. The Bertz CT molecular complexity index is 7790. The molecule has 5 heteroatoms. The largest absolute Gasteiger partial charge is 0.455 e. The highest BCUT2D eigenvalue weighted by atomic mass is 79.9. The molecule has 4 nitrogen and oxygen atoms in total. The van der Waals surface area contributed by atoms with E-state index in [0.717, 1.165) is 87.7 Å². The molecule has 0 amide bonds. The Balaban J connectivity index is 0.000000112. The monoisotopic (exact) mass is 1530 g/mol. The summed E-state index contributed by atoms with van der Waals surface area (Å²) in [6.07, 6.45) is 0. The van der Waals surface area contributed by atoms with Gasteiger partial charge >= 0.3 is 0 Å². The molecule has 0 fully saturated rings. The zero-order valence-electron chi connectivity index (χ0n) is 62.2. The predicted molar refractivity (Wildman–Crippen MR) is 484 cm³/mol. The normalized spacial score (nSPS) is 13.3. The minimum atomic E-state index is -0.460. The van der Waals surface area contributed by atoms with Gasteiger partial charge in [-0.05, 0) is 214 Å². The van der Waals surface area contributed by atoms with Crippen molar-refractivity contribution in [2.75, 3.05) is 11.1 Å². The van der Waals surface area contributed by atoms with Gasteiger partial charge < -0.3 is 19.9 Å². The van der Waals surface area contributed by atoms with E-state index in [1.165, 1.54) is 154 Å². The summed E-state index contributed by atoms with van der Waals surface area (Å²) < 4.78 is 14.3. The summed E-state index contributed by atoms with van der Waals surface area (Å²) >= 11 is 3.58. The second-order valence-corrected chi connectivity index (χ2v) is 31.9. The van der Waals surface area contributed by atoms with Gasteiger partial charge in [-0.15, -0.1) is 0 Å². The summed E-state index contributed by atoms with van der Waals surface area (Å²) in [7, 11) is 0. The number of fused-ring (bicyclic) bond motifs is 38. The van der Waals surface area contributed by atoms with Gasteiger partial charge in [-0.1, -0.05) is 344 Å². The maximum absolute atomic E-state index is 6.99. The summed E-state index contributed by atoms with van der Waals surface area (Å²) in [5, 5.41) is 24.0. The molecule has 4 aliphatic rings. The summed E-state index contributed by atoms with van der Waals surface area (Å²) in [4.78, 5) is 0. The molecule has 22 aromatic rings. The van der Waals surface area contributed by atoms with Crippen molar-refractivity contribution in [2.24, 2.45) is 0 Å². The highest BCUT2D eigenvalue weighted by Gasteiger charge is 2.53. The first-order valence-corrected chi connectivity index (χ1v) is 40.3. The van der Waals surface area contributed by atoms with E-state index >= 15 is 0 Å². The standard InChI is InChI=1S/C55H33NO.C37H23NO.C18H11Br/c1-2-16-36-34(14-1)35-15-3-4-17-37(35)45-30-33(28-29-38(36)45)56-52-32-51-46(31-47(52)44-23-13-22-43-42-21-8-12-27-53(42)57-54(43)44)41-20-7-11-26-50(41)55(51)48-24-9-5-18-39(48)40-19-6-10-25-49(40)55;38-34-21-33-28(20-29(34)27-15-9-14-26-25-13-4-8-19-35(25)39-36(26)27)24-12-3-7-18-32(24)37(33)30-16-5-1-10-22(30)23-11-2-6-17-31(23)37;19-12-9-10-17-15-7-2-1-5-13(15)14-6-3-4-8-16(14)18(17)11-12/h1-32,56H;1-21H,38H2;1-11H. The Kier molecular flexibility index (Phi) is 14.3. The van der Waals surface area contributed by atoms with Gasteiger partial charge in [-0.2, -0.15) is 0 Å². The van der Waals surface area contributed by atoms with Gasteiger partial charge in [0.05, 0.1) is 10.8 Å². The number of nitrogens with one attached hydrogen (secondary N) is 1. The Labute approximate surface area is 671 Å². The van der Waals surface area contributed by atoms with E-state index in [0.29, 0.717) is 0 Å². The van der Waals surface area contributed by atoms with Crippen LogP contribution in [0.3, 0.4) is 0 Å². The van der Waals surface area contributed by atoms with Crippen LogP contribution < -0.4 is 11.1 Å². The maximum Gasteiger partial charge on any atom is 0.143 e. The van der Waals surface area contributed by atoms with Crippen LogP contribution >= 0.6 is 15.9 Å². The lowest BCUT2D eigenvalue weighted by Gasteiger charge is -2.31. The second-order valence-electron chi connectivity index (χ2n) is 31.0. The van der Waals surface area contributed by atoms with Gasteiger partial charge in [0.15, 0.2) is 0 Å². The maximum atomic E-state index is 6.99. The van der Waals surface area contributed by atoms with E-state index < -0.39 is 10.8 Å². The lowest BCUT2D eigenvalue weighted by molar-refractivity contribution is 0.669. The van der Waals surface area contributed by atoms with Crippen molar-refractivity contribution in [3.63, 3.8) is 0 Å². The highest BCUT2D eigenvalue weighted by molar-refractivity contribution is 9.10. The van der Waals surface area contributed by atoms with Gasteiger partial charge in [-0.25, -0.2) is 0 Å². The zero-order valence-corrected chi connectivity index (χ0v) is 63.8. The molecule has 0 aliphatic heterocycles. The number of rotatable bonds is 4. The summed E-state index contributed by atoms with van der Waals surface area (Å²) in [6, 6.07) is 141. The van der Waals surface area contributed by atoms with Crippen molar-refractivity contribution in [3.05, 3.63) is 437 Å². The topological polar surface area (TPSA) is 64.3 Å². The number of benzene rings is 20. The third kappa shape index (κ3) is 9.30. The lowest BCUT2D eigenvalue weighted by atomic mass is 9.70. The van der Waals surface area contributed by atoms with Crippen molar-refractivity contribution in [1.29, 1.82) is 0 Å². The van der Waals surface area contributed by atoms with E-state index in [9.17, 15) is 0 Å². The molecular weight excluding hydrogens is 1460 g/mol. The lowest BCUT2D eigenvalue weighted by Crippen LogP contribution is -2.26. The molecule has 0 radical (unpaired) electrons. The first kappa shape index (κ1) is 65.4. The Morgan fingerprint density at radius 2 is 0.504 bits per heavy atom. The molecule has 536 valence electrons. The zero-order chi connectivity index (χ0) is 75.8. The van der Waals surface area contributed by atoms with E-state index in [-0.39, 0.29) is 0 Å². The molecule has 2 spiro atoms. The van der Waals surface area contributed by atoms with Gasteiger partial charge in [0.1, 0.15) is 22.3 Å². The second kappa shape index (κ2) is 25.1. The Morgan fingerprint density at radius 1 is 0.209 bits per heavy atom. The molecule has 2 heterocycles. The fourth-order valence-electron chi connectivity index (χ4n) is 20.8. The minimum absolute atomic E-state index is 0.392. The van der Waals surface area contributed by atoms with Crippen LogP contribution in [0.2, 0.25) is 0 Å². The molecule has 0 saturated carbocycles. The van der Waals surface area contributed by atoms with E-state index in [1.54, 1.807) is 0 Å². The molecule has 0 atom stereocenters. The van der Waals surface area contributed by atoms with Crippen molar-refractivity contribution >= 4 is 142 Å². The predicted octanol–water partition coefficient (Wildman–Crippen LogP) is 29.9. The quantitative estimate of drug-likeness (QED) is 0.136. The van der Waals surface area contributed by atoms with Crippen LogP contribution in [0, 0.1) is 0 Å². The van der Waals surface area contributed by atoms with Crippen molar-refractivity contribution in [2.45, 2.75) is 10.8 Å². The Morgan fingerprint density at radius 3 is 0.922 bits per heavy atom. The summed E-state index contributed by atoms with van der Waals surface area (Å²) in [5.41, 5.74) is 37.5. The van der Waals surface area contributed by atoms with Gasteiger partial charge in [0.25, 0.3) is 0 Å². The molecule has 2 aromatic heterocycles. The van der Waals surface area contributed by atoms with E-state index in [2.05, 4.69) is 391 Å². The summed E-state index contributed by atoms with van der Waals surface area (Å²) in [6.45, 7) is 0. The molecule has 26 rings (SSSR count). The molecule has 3 N–H and O–H groups in total. The number of hydrogen-bond acceptors (Lipinski definition) is 4. The summed E-state index contributed by atoms with van der Waals surface area (Å²) in [5.74, 6) is 0. The molecular formula is C110H67BrN2O2. The molecule has 115 heavy (non-hydrogen) atoms. The van der Waals surface area contributed by atoms with E-state index in [1.807, 2.05) is 18.2 Å². The average Bonchev–Trinajstić information content (AvgIpc) is 1.51. The van der Waals surface area contributed by atoms with Gasteiger partial charge in [-0.3, -0.25) is 0 Å². The molecule has 20 aromatic carbocycles. The number of para-hydroxylation sites is 4. The van der Waals surface area contributed by atoms with Crippen molar-refractivity contribution in [3.8, 4) is 66.8 Å². The van der Waals surface area contributed by atoms with Crippen LogP contribution in [0.15, 0.2) is 402 Å². The van der Waals surface area contributed by atoms with Crippen LogP contribution in [0.25, 0.3) is 175 Å². The van der Waals surface area contributed by atoms with Crippen LogP contribution in [-0.2, 0) is 10.8 Å². The number of nitrogen functional groups attached to an aromatic ring is 1. The number of anilines is 3. The van der Waals surface area contributed by atoms with Gasteiger partial charge in [0.2, 0.25) is 0 Å². The number of hydrogen-bond donors (Lipinski definition) is 2. The highest BCUT2D eigenvalue weighted by Crippen LogP contribution is 2.66. The number of halogens is 1. The van der Waals surface area contributed by atoms with Crippen LogP contribution in [0.5, 0.6) is 0 Å². The SMILES string of the molecule is Brc1ccc2c3ccccc3c3ccccc3c2c1.Nc1cc2c(cc1-c1cccc3c1oc1ccccc13)-c1ccccc1C21c2ccccc2-c2ccccc21.c1ccc2c(c1)-c1ccccc1C21c2ccccc2-c2cc(-c3cccc4c3oc3ccccc34)c(Nc3ccc4c5ccccc5c5ccccc5c4c3)cc21. The van der Waals surface area contributed by atoms with Gasteiger partial charge in [0, 0.05) is 65.3 Å². The van der Waals surface area contributed by atoms with Crippen LogP contribution in [0.1, 0.15) is 44.5 Å². The van der Waals surface area contributed by atoms with Crippen molar-refractivity contribution in [1.82, 2.24) is 0 Å². The number of nitrogens with two attached hydrogens (primary N) is 1. The molecule has 0 unspecified atom stereocenters.